The topological polar surface area (TPSA) is 49.8 Å². The van der Waals surface area contributed by atoms with E-state index in [0.29, 0.717) is 0 Å². The van der Waals surface area contributed by atoms with Crippen LogP contribution >= 0.6 is 0 Å². The molecule has 0 amide bonds. The molecule has 3 heteroatoms. The van der Waals surface area contributed by atoms with Crippen LogP contribution in [0.4, 0.5) is 0 Å². The Morgan fingerprint density at radius 1 is 1.91 bits per heavy atom. The van der Waals surface area contributed by atoms with E-state index in [1.165, 1.54) is 6.08 Å². The van der Waals surface area contributed by atoms with Crippen molar-refractivity contribution >= 4 is 5.97 Å². The highest BCUT2D eigenvalue weighted by atomic mass is 16.6. The van der Waals surface area contributed by atoms with Gasteiger partial charge in [-0.05, 0) is 6.42 Å². The highest BCUT2D eigenvalue weighted by Gasteiger charge is 2.29. The summed E-state index contributed by atoms with van der Waals surface area (Å²) in [5.41, 5.74) is 0. The molecule has 0 aromatic carbocycles. The van der Waals surface area contributed by atoms with Crippen LogP contribution in [0.1, 0.15) is 13.3 Å². The van der Waals surface area contributed by atoms with E-state index in [2.05, 4.69) is 0 Å². The van der Waals surface area contributed by atoms with Gasteiger partial charge in [-0.1, -0.05) is 13.0 Å². The van der Waals surface area contributed by atoms with Crippen LogP contribution in [0.25, 0.3) is 0 Å². The molecule has 0 aliphatic carbocycles. The molecule has 0 aromatic heterocycles. The second-order valence-corrected chi connectivity index (χ2v) is 2.64. The third kappa shape index (κ3) is 2.72. The van der Waals surface area contributed by atoms with Crippen LogP contribution in [0.3, 0.4) is 0 Å². The molecule has 0 spiro atoms. The summed E-state index contributed by atoms with van der Waals surface area (Å²) < 4.78 is 5.05. The van der Waals surface area contributed by atoms with Gasteiger partial charge in [-0.2, -0.15) is 0 Å². The molecule has 1 N–H and O–H groups in total. The van der Waals surface area contributed by atoms with Gasteiger partial charge in [0.05, 0.1) is 12.7 Å². The second kappa shape index (κ2) is 3.53. The lowest BCUT2D eigenvalue weighted by Gasteiger charge is -2.02. The molecular weight excluding hydrogens is 144 g/mol. The molecule has 0 bridgehead atoms. The molecule has 0 radical (unpaired) electrons. The van der Waals surface area contributed by atoms with Gasteiger partial charge in [-0.15, -0.1) is 0 Å². The van der Waals surface area contributed by atoms with Crippen LogP contribution in [0.15, 0.2) is 12.2 Å². The quantitative estimate of drug-likeness (QED) is 0.489. The number of rotatable bonds is 4. The van der Waals surface area contributed by atoms with Crippen molar-refractivity contribution in [3.63, 3.8) is 0 Å². The third-order valence-electron chi connectivity index (χ3n) is 1.79. The zero-order valence-corrected chi connectivity index (χ0v) is 6.49. The van der Waals surface area contributed by atoms with E-state index in [-0.39, 0.29) is 12.0 Å². The normalized spacial score (nSPS) is 25.4. The summed E-state index contributed by atoms with van der Waals surface area (Å²) in [6.45, 7) is 2.81. The van der Waals surface area contributed by atoms with Crippen molar-refractivity contribution in [3.8, 4) is 0 Å². The Morgan fingerprint density at radius 3 is 2.91 bits per heavy atom. The molecule has 1 saturated heterocycles. The summed E-state index contributed by atoms with van der Waals surface area (Å²) in [6, 6.07) is 0. The molecule has 3 nitrogen and oxygen atoms in total. The average molecular weight is 156 g/mol. The maximum absolute atomic E-state index is 10.1. The van der Waals surface area contributed by atoms with E-state index in [1.807, 2.05) is 6.92 Å². The Kier molecular flexibility index (Phi) is 2.65. The van der Waals surface area contributed by atoms with Gasteiger partial charge in [0.1, 0.15) is 0 Å². The number of aliphatic carboxylic acids is 1. The summed E-state index contributed by atoms with van der Waals surface area (Å²) in [4.78, 5) is 10.1. The first-order valence-corrected chi connectivity index (χ1v) is 3.76. The monoisotopic (exact) mass is 156 g/mol. The van der Waals surface area contributed by atoms with E-state index >= 15 is 0 Å². The number of hydrogen-bond donors (Lipinski definition) is 1. The van der Waals surface area contributed by atoms with Crippen LogP contribution in [-0.2, 0) is 9.53 Å². The van der Waals surface area contributed by atoms with Crippen molar-refractivity contribution in [2.24, 2.45) is 5.92 Å². The van der Waals surface area contributed by atoms with Gasteiger partial charge in [0.25, 0.3) is 0 Å². The van der Waals surface area contributed by atoms with E-state index in [0.717, 1.165) is 13.0 Å². The number of carboxylic acids is 1. The second-order valence-electron chi connectivity index (χ2n) is 2.64. The molecule has 1 fully saturated rings. The number of epoxide rings is 1. The number of hydrogen-bond acceptors (Lipinski definition) is 2. The Hall–Kier alpha value is -0.830. The van der Waals surface area contributed by atoms with E-state index < -0.39 is 5.97 Å². The zero-order valence-electron chi connectivity index (χ0n) is 6.49. The minimum absolute atomic E-state index is 0.274. The molecule has 11 heavy (non-hydrogen) atoms. The van der Waals surface area contributed by atoms with Crippen molar-refractivity contribution in [3.05, 3.63) is 12.2 Å². The fraction of sp³-hybridized carbons (Fsp3) is 0.625. The zero-order chi connectivity index (χ0) is 8.27. The smallest absolute Gasteiger partial charge is 0.327 e. The predicted molar refractivity (Wildman–Crippen MR) is 40.3 cm³/mol. The number of ether oxygens (including phenoxy) is 1. The van der Waals surface area contributed by atoms with Crippen molar-refractivity contribution in [2.45, 2.75) is 19.4 Å². The van der Waals surface area contributed by atoms with Crippen LogP contribution in [-0.4, -0.2) is 23.8 Å². The predicted octanol–water partition coefficient (Wildman–Crippen LogP) is 1.05. The number of carboxylic acid groups (broad SMARTS) is 1. The van der Waals surface area contributed by atoms with Crippen molar-refractivity contribution in [2.75, 3.05) is 6.61 Å². The lowest BCUT2D eigenvalue weighted by Crippen LogP contribution is -2.03. The maximum atomic E-state index is 10.1. The molecule has 1 rings (SSSR count). The molecule has 0 saturated carbocycles. The average Bonchev–Trinajstić information content (AvgIpc) is 2.72. The van der Waals surface area contributed by atoms with Crippen molar-refractivity contribution in [1.82, 2.24) is 0 Å². The standard InChI is InChI=1S/C8H12O3/c1-2-6(7-5-11-7)3-4-8(9)10/h3-4,6-7H,2,5H2,1H3,(H,9,10). The Morgan fingerprint density at radius 2 is 2.55 bits per heavy atom. The van der Waals surface area contributed by atoms with Crippen LogP contribution in [0, 0.1) is 5.92 Å². The van der Waals surface area contributed by atoms with E-state index in [4.69, 9.17) is 9.84 Å². The third-order valence-corrected chi connectivity index (χ3v) is 1.79. The Labute approximate surface area is 65.7 Å². The fourth-order valence-electron chi connectivity index (χ4n) is 1.03. The van der Waals surface area contributed by atoms with Gasteiger partial charge in [0.2, 0.25) is 0 Å². The molecule has 2 atom stereocenters. The number of carbonyl (C=O) groups is 1. The molecule has 2 unspecified atom stereocenters. The largest absolute Gasteiger partial charge is 0.478 e. The molecule has 1 aliphatic heterocycles. The molecule has 0 aromatic rings. The first-order valence-electron chi connectivity index (χ1n) is 3.76. The molecule has 1 aliphatic rings. The first kappa shape index (κ1) is 8.27. The van der Waals surface area contributed by atoms with Crippen LogP contribution in [0.2, 0.25) is 0 Å². The maximum Gasteiger partial charge on any atom is 0.327 e. The minimum Gasteiger partial charge on any atom is -0.478 e. The highest BCUT2D eigenvalue weighted by Crippen LogP contribution is 2.23. The van der Waals surface area contributed by atoms with Gasteiger partial charge in [-0.3, -0.25) is 0 Å². The molecule has 1 heterocycles. The van der Waals surface area contributed by atoms with Gasteiger partial charge in [0.15, 0.2) is 0 Å². The molecule has 62 valence electrons. The van der Waals surface area contributed by atoms with E-state index in [1.54, 1.807) is 6.08 Å². The SMILES string of the molecule is CCC(C=CC(=O)O)C1CO1. The summed E-state index contributed by atoms with van der Waals surface area (Å²) in [5, 5.41) is 8.33. The van der Waals surface area contributed by atoms with Gasteiger partial charge >= 0.3 is 5.97 Å². The first-order chi connectivity index (χ1) is 5.24. The van der Waals surface area contributed by atoms with Crippen LogP contribution < -0.4 is 0 Å². The lowest BCUT2D eigenvalue weighted by atomic mass is 10.0. The Bertz CT molecular complexity index is 170. The van der Waals surface area contributed by atoms with Crippen molar-refractivity contribution < 1.29 is 14.6 Å². The fourth-order valence-corrected chi connectivity index (χ4v) is 1.03. The van der Waals surface area contributed by atoms with Crippen LogP contribution in [0.5, 0.6) is 0 Å². The lowest BCUT2D eigenvalue weighted by molar-refractivity contribution is -0.131. The van der Waals surface area contributed by atoms with Gasteiger partial charge in [-0.25, -0.2) is 4.79 Å². The Balaban J connectivity index is 2.36. The van der Waals surface area contributed by atoms with Gasteiger partial charge < -0.3 is 9.84 Å². The summed E-state index contributed by atoms with van der Waals surface area (Å²) in [5.74, 6) is -0.602. The summed E-state index contributed by atoms with van der Waals surface area (Å²) in [6.07, 6.45) is 4.11. The minimum atomic E-state index is -0.885. The van der Waals surface area contributed by atoms with E-state index in [9.17, 15) is 4.79 Å². The van der Waals surface area contributed by atoms with Crippen molar-refractivity contribution in [1.29, 1.82) is 0 Å². The summed E-state index contributed by atoms with van der Waals surface area (Å²) >= 11 is 0. The summed E-state index contributed by atoms with van der Waals surface area (Å²) in [7, 11) is 0. The van der Waals surface area contributed by atoms with Gasteiger partial charge in [0, 0.05) is 12.0 Å². The highest BCUT2D eigenvalue weighted by molar-refractivity contribution is 5.79. The molecular formula is C8H12O3.